The molecule has 0 radical (unpaired) electrons. The predicted molar refractivity (Wildman–Crippen MR) is 148 cm³/mol. The Kier molecular flexibility index (Phi) is 5.03. The van der Waals surface area contributed by atoms with Gasteiger partial charge in [0.1, 0.15) is 41.8 Å². The molecule has 1 saturated heterocycles. The molecule has 4 aromatic carbocycles. The summed E-state index contributed by atoms with van der Waals surface area (Å²) in [5.74, 6) is -0.968. The van der Waals surface area contributed by atoms with E-state index in [1.54, 1.807) is 12.1 Å². The molecule has 4 aliphatic rings. The first-order chi connectivity index (χ1) is 20.5. The first kappa shape index (κ1) is 25.8. The summed E-state index contributed by atoms with van der Waals surface area (Å²) in [6.07, 6.45) is -1.29. The van der Waals surface area contributed by atoms with Gasteiger partial charge < -0.3 is 54.7 Å². The predicted octanol–water partition coefficient (Wildman–Crippen LogP) is 3.26. The fourth-order valence-electron chi connectivity index (χ4n) is 7.04. The number of fused-ring (bicyclic) bond motifs is 5. The third-order valence-corrected chi connectivity index (χ3v) is 8.99. The van der Waals surface area contributed by atoms with Gasteiger partial charge in [0, 0.05) is 36.1 Å². The Labute approximate surface area is 244 Å². The Bertz CT molecular complexity index is 1850. The van der Waals surface area contributed by atoms with Crippen molar-refractivity contribution >= 4 is 0 Å². The lowest BCUT2D eigenvalue weighted by Gasteiger charge is -2.42. The largest absolute Gasteiger partial charge is 0.508 e. The molecule has 8 rings (SSSR count). The van der Waals surface area contributed by atoms with Crippen LogP contribution in [0.3, 0.4) is 0 Å². The summed E-state index contributed by atoms with van der Waals surface area (Å²) in [4.78, 5) is 0. The number of phenols is 6. The number of hydrogen-bond acceptors (Lipinski definition) is 11. The number of aromatic hydroxyl groups is 6. The van der Waals surface area contributed by atoms with Gasteiger partial charge in [0.25, 0.3) is 0 Å². The van der Waals surface area contributed by atoms with E-state index < -0.39 is 23.1 Å². The summed E-state index contributed by atoms with van der Waals surface area (Å²) in [5, 5.41) is 74.3. The second-order valence-electron chi connectivity index (χ2n) is 11.6. The van der Waals surface area contributed by atoms with E-state index in [2.05, 4.69) is 0 Å². The molecule has 3 heterocycles. The molecule has 0 unspecified atom stereocenters. The van der Waals surface area contributed by atoms with Gasteiger partial charge in [-0.05, 0) is 70.8 Å². The Morgan fingerprint density at radius 2 is 1.23 bits per heavy atom. The lowest BCUT2D eigenvalue weighted by molar-refractivity contribution is -0.218. The molecule has 0 spiro atoms. The van der Waals surface area contributed by atoms with Crippen molar-refractivity contribution in [2.75, 3.05) is 13.2 Å². The van der Waals surface area contributed by atoms with Crippen LogP contribution in [-0.2, 0) is 27.9 Å². The molecular formula is C32H26O11. The average Bonchev–Trinajstić information content (AvgIpc) is 3.44. The van der Waals surface area contributed by atoms with E-state index in [9.17, 15) is 35.7 Å². The van der Waals surface area contributed by atoms with Gasteiger partial charge in [-0.3, -0.25) is 0 Å². The maximum Gasteiger partial charge on any atom is 0.192 e. The van der Waals surface area contributed by atoms with Crippen molar-refractivity contribution in [3.8, 4) is 57.1 Å². The average molecular weight is 587 g/mol. The van der Waals surface area contributed by atoms with Crippen molar-refractivity contribution < 1.29 is 54.7 Å². The fraction of sp³-hybridized carbons (Fsp3) is 0.250. The minimum Gasteiger partial charge on any atom is -0.508 e. The van der Waals surface area contributed by atoms with Crippen LogP contribution in [0.5, 0.6) is 46.0 Å². The quantitative estimate of drug-likeness (QED) is 0.163. The van der Waals surface area contributed by atoms with Crippen molar-refractivity contribution in [2.45, 2.75) is 35.9 Å². The second kappa shape index (κ2) is 8.38. The van der Waals surface area contributed by atoms with Crippen molar-refractivity contribution in [1.29, 1.82) is 0 Å². The van der Waals surface area contributed by atoms with Gasteiger partial charge in [0.05, 0.1) is 0 Å². The molecular weight excluding hydrogens is 560 g/mol. The van der Waals surface area contributed by atoms with Crippen molar-refractivity contribution in [3.05, 3.63) is 82.9 Å². The second-order valence-corrected chi connectivity index (χ2v) is 11.6. The summed E-state index contributed by atoms with van der Waals surface area (Å²) >= 11 is 0. The zero-order valence-electron chi connectivity index (χ0n) is 22.4. The van der Waals surface area contributed by atoms with Gasteiger partial charge in [-0.25, -0.2) is 0 Å². The summed E-state index contributed by atoms with van der Waals surface area (Å²) < 4.78 is 25.6. The standard InChI is InChI=1S/C32H26O11/c33-17-1-3-19-20-9-25(37)23(35)5-15(20)11-30(39,13-40-27(19)7-17)29-42-31-12-16-6-24(36)26(38)10-22(16)32(31,43-29)21-4-2-18(34)8-28(21)41-14-31/h1-10,29,33-39H,11-14H2/t29-,30-,31-,32-/m0/s1. The molecule has 43 heavy (non-hydrogen) atoms. The normalized spacial score (nSPS) is 28.1. The van der Waals surface area contributed by atoms with Gasteiger partial charge in [0.2, 0.25) is 0 Å². The van der Waals surface area contributed by atoms with E-state index in [4.69, 9.17) is 18.9 Å². The van der Waals surface area contributed by atoms with Gasteiger partial charge in [-0.2, -0.15) is 0 Å². The van der Waals surface area contributed by atoms with Gasteiger partial charge in [-0.1, -0.05) is 0 Å². The zero-order chi connectivity index (χ0) is 29.9. The minimum atomic E-state index is -1.90. The first-order valence-corrected chi connectivity index (χ1v) is 13.6. The molecule has 11 nitrogen and oxygen atoms in total. The highest BCUT2D eigenvalue weighted by molar-refractivity contribution is 5.77. The number of benzene rings is 4. The molecule has 11 heteroatoms. The third-order valence-electron chi connectivity index (χ3n) is 8.99. The number of rotatable bonds is 1. The number of ether oxygens (including phenoxy) is 4. The highest BCUT2D eigenvalue weighted by Gasteiger charge is 2.72. The van der Waals surface area contributed by atoms with Crippen LogP contribution in [0.4, 0.5) is 0 Å². The number of hydrogen-bond donors (Lipinski definition) is 7. The highest BCUT2D eigenvalue weighted by Crippen LogP contribution is 2.64. The Morgan fingerprint density at radius 3 is 2.02 bits per heavy atom. The molecule has 3 aliphatic heterocycles. The molecule has 1 aliphatic carbocycles. The van der Waals surface area contributed by atoms with Gasteiger partial charge in [-0.15, -0.1) is 0 Å². The molecule has 4 aromatic rings. The fourth-order valence-corrected chi connectivity index (χ4v) is 7.04. The molecule has 0 bridgehead atoms. The Morgan fingerprint density at radius 1 is 0.581 bits per heavy atom. The number of aliphatic hydroxyl groups is 1. The third kappa shape index (κ3) is 3.40. The molecule has 0 aromatic heterocycles. The van der Waals surface area contributed by atoms with Crippen LogP contribution in [0.25, 0.3) is 11.1 Å². The summed E-state index contributed by atoms with van der Waals surface area (Å²) in [7, 11) is 0. The molecule has 7 N–H and O–H groups in total. The van der Waals surface area contributed by atoms with Gasteiger partial charge in [0.15, 0.2) is 40.5 Å². The van der Waals surface area contributed by atoms with Gasteiger partial charge >= 0.3 is 0 Å². The van der Waals surface area contributed by atoms with Crippen LogP contribution < -0.4 is 9.47 Å². The molecule has 0 saturated carbocycles. The first-order valence-electron chi connectivity index (χ1n) is 13.6. The van der Waals surface area contributed by atoms with Crippen molar-refractivity contribution in [2.24, 2.45) is 0 Å². The summed E-state index contributed by atoms with van der Waals surface area (Å²) in [6.45, 7) is -0.395. The molecule has 1 fully saturated rings. The maximum atomic E-state index is 12.4. The van der Waals surface area contributed by atoms with Crippen LogP contribution >= 0.6 is 0 Å². The van der Waals surface area contributed by atoms with Crippen LogP contribution in [0, 0.1) is 0 Å². The lowest BCUT2D eigenvalue weighted by Crippen LogP contribution is -2.54. The topological polar surface area (TPSA) is 179 Å². The van der Waals surface area contributed by atoms with Crippen LogP contribution in [0.1, 0.15) is 22.3 Å². The molecule has 220 valence electrons. The maximum absolute atomic E-state index is 12.4. The molecule has 4 atom stereocenters. The SMILES string of the molecule is Oc1ccc2c(c1)OC[C@](O)([C@H]1O[C@@]34COc5cc(O)ccc5[C@]3(O1)c1cc(O)c(O)cc1C4)Cc1cc(O)c(O)cc1-2. The van der Waals surface area contributed by atoms with E-state index in [-0.39, 0.29) is 66.3 Å². The lowest BCUT2D eigenvalue weighted by atomic mass is 9.76. The Balaban J connectivity index is 1.29. The number of phenolic OH excluding ortho intramolecular Hbond substituents is 6. The highest BCUT2D eigenvalue weighted by atomic mass is 16.8. The van der Waals surface area contributed by atoms with E-state index in [0.717, 1.165) is 0 Å². The van der Waals surface area contributed by atoms with Crippen molar-refractivity contribution in [1.82, 2.24) is 0 Å². The molecule has 0 amide bonds. The van der Waals surface area contributed by atoms with Crippen LogP contribution in [0.2, 0.25) is 0 Å². The van der Waals surface area contributed by atoms with Crippen LogP contribution in [0.15, 0.2) is 60.7 Å². The zero-order valence-corrected chi connectivity index (χ0v) is 22.4. The smallest absolute Gasteiger partial charge is 0.192 e. The van der Waals surface area contributed by atoms with Crippen molar-refractivity contribution in [3.63, 3.8) is 0 Å². The van der Waals surface area contributed by atoms with E-state index in [0.29, 0.717) is 39.1 Å². The summed E-state index contributed by atoms with van der Waals surface area (Å²) in [5.41, 5.74) is -1.46. The monoisotopic (exact) mass is 586 g/mol. The van der Waals surface area contributed by atoms with Crippen LogP contribution in [-0.4, -0.2) is 66.5 Å². The van der Waals surface area contributed by atoms with E-state index >= 15 is 0 Å². The Hall–Kier alpha value is -4.84. The van der Waals surface area contributed by atoms with E-state index in [1.807, 2.05) is 0 Å². The minimum absolute atomic E-state index is 0.0291. The van der Waals surface area contributed by atoms with E-state index in [1.165, 1.54) is 48.5 Å². The summed E-state index contributed by atoms with van der Waals surface area (Å²) in [6, 6.07) is 14.6.